The summed E-state index contributed by atoms with van der Waals surface area (Å²) in [5.74, 6) is 0.770. The second kappa shape index (κ2) is 7.95. The van der Waals surface area contributed by atoms with Gasteiger partial charge in [0.15, 0.2) is 0 Å². The van der Waals surface area contributed by atoms with Crippen LogP contribution in [0.2, 0.25) is 0 Å². The maximum Gasteiger partial charge on any atom is 0.0623 e. The highest BCUT2D eigenvalue weighted by molar-refractivity contribution is 5.85. The maximum atomic E-state index is 5.64. The van der Waals surface area contributed by atoms with E-state index in [2.05, 4.69) is 22.6 Å². The van der Waals surface area contributed by atoms with Gasteiger partial charge in [0.2, 0.25) is 0 Å². The summed E-state index contributed by atoms with van der Waals surface area (Å²) in [7, 11) is 2.27. The molecule has 0 bridgehead atoms. The van der Waals surface area contributed by atoms with Gasteiger partial charge in [-0.1, -0.05) is 6.42 Å². The molecule has 20 heavy (non-hydrogen) atoms. The summed E-state index contributed by atoms with van der Waals surface area (Å²) in [4.78, 5) is 2.51. The van der Waals surface area contributed by atoms with Gasteiger partial charge in [-0.15, -0.1) is 12.4 Å². The molecular weight excluding hydrogens is 274 g/mol. The summed E-state index contributed by atoms with van der Waals surface area (Å²) in [6.45, 7) is 5.27. The lowest BCUT2D eigenvalue weighted by Gasteiger charge is -2.33. The van der Waals surface area contributed by atoms with E-state index < -0.39 is 0 Å². The van der Waals surface area contributed by atoms with Gasteiger partial charge in [-0.2, -0.15) is 0 Å². The Morgan fingerprint density at radius 2 is 2.15 bits per heavy atom. The van der Waals surface area contributed by atoms with E-state index in [1.807, 2.05) is 0 Å². The van der Waals surface area contributed by atoms with Gasteiger partial charge < -0.3 is 20.3 Å². The first-order chi connectivity index (χ1) is 9.34. The average molecular weight is 304 g/mol. The molecule has 4 nitrogen and oxygen atoms in total. The molecule has 3 aliphatic rings. The second-order valence-corrected chi connectivity index (χ2v) is 6.52. The summed E-state index contributed by atoms with van der Waals surface area (Å²) in [6.07, 6.45) is 6.82. The Morgan fingerprint density at radius 1 is 1.25 bits per heavy atom. The number of hydrogen-bond donors (Lipinski definition) is 2. The van der Waals surface area contributed by atoms with Crippen molar-refractivity contribution in [2.75, 3.05) is 39.9 Å². The van der Waals surface area contributed by atoms with Gasteiger partial charge in [-0.05, 0) is 45.2 Å². The highest BCUT2D eigenvalue weighted by Gasteiger charge is 2.35. The number of likely N-dealkylation sites (tertiary alicyclic amines) is 1. The molecule has 0 aromatic heterocycles. The van der Waals surface area contributed by atoms with Crippen LogP contribution in [0.1, 0.15) is 32.1 Å². The molecule has 2 aliphatic heterocycles. The summed E-state index contributed by atoms with van der Waals surface area (Å²) in [5.41, 5.74) is 0. The predicted molar refractivity (Wildman–Crippen MR) is 84.6 cm³/mol. The van der Waals surface area contributed by atoms with E-state index >= 15 is 0 Å². The van der Waals surface area contributed by atoms with Crippen LogP contribution < -0.4 is 10.6 Å². The van der Waals surface area contributed by atoms with Crippen LogP contribution in [0.4, 0.5) is 0 Å². The van der Waals surface area contributed by atoms with Crippen LogP contribution in [0.5, 0.6) is 0 Å². The van der Waals surface area contributed by atoms with Crippen LogP contribution in [0.25, 0.3) is 0 Å². The first kappa shape index (κ1) is 16.5. The smallest absolute Gasteiger partial charge is 0.0623 e. The third-order valence-corrected chi connectivity index (χ3v) is 5.32. The average Bonchev–Trinajstić information content (AvgIpc) is 3.06. The molecule has 0 aromatic rings. The summed E-state index contributed by atoms with van der Waals surface area (Å²) >= 11 is 0. The molecule has 4 unspecified atom stereocenters. The Morgan fingerprint density at radius 3 is 2.85 bits per heavy atom. The molecule has 0 spiro atoms. The Hall–Kier alpha value is 0.130. The van der Waals surface area contributed by atoms with E-state index in [-0.39, 0.29) is 12.4 Å². The molecule has 2 saturated heterocycles. The quantitative estimate of drug-likeness (QED) is 0.819. The van der Waals surface area contributed by atoms with E-state index in [1.54, 1.807) is 0 Å². The lowest BCUT2D eigenvalue weighted by atomic mass is 9.94. The number of likely N-dealkylation sites (N-methyl/N-ethyl adjacent to an activating group) is 1. The van der Waals surface area contributed by atoms with Crippen molar-refractivity contribution in [1.82, 2.24) is 15.5 Å². The van der Waals surface area contributed by atoms with Crippen molar-refractivity contribution in [3.8, 4) is 0 Å². The number of ether oxygens (including phenoxy) is 1. The Balaban J connectivity index is 0.00000147. The fourth-order valence-electron chi connectivity index (χ4n) is 4.11. The summed E-state index contributed by atoms with van der Waals surface area (Å²) < 4.78 is 5.64. The van der Waals surface area contributed by atoms with Crippen LogP contribution in [-0.4, -0.2) is 62.9 Å². The van der Waals surface area contributed by atoms with Crippen LogP contribution in [-0.2, 0) is 4.74 Å². The van der Waals surface area contributed by atoms with E-state index in [4.69, 9.17) is 4.74 Å². The van der Waals surface area contributed by atoms with Crippen molar-refractivity contribution in [1.29, 1.82) is 0 Å². The van der Waals surface area contributed by atoms with Gasteiger partial charge in [0.25, 0.3) is 0 Å². The molecule has 3 fully saturated rings. The Labute approximate surface area is 129 Å². The number of nitrogens with zero attached hydrogens (tertiary/aromatic N) is 1. The number of hydrogen-bond acceptors (Lipinski definition) is 4. The molecule has 3 rings (SSSR count). The normalized spacial score (nSPS) is 38.9. The first-order valence-corrected chi connectivity index (χ1v) is 8.09. The van der Waals surface area contributed by atoms with Gasteiger partial charge in [-0.25, -0.2) is 0 Å². The second-order valence-electron chi connectivity index (χ2n) is 6.52. The van der Waals surface area contributed by atoms with E-state index in [0.717, 1.165) is 31.7 Å². The molecule has 1 saturated carbocycles. The van der Waals surface area contributed by atoms with Crippen LogP contribution in [0.15, 0.2) is 0 Å². The first-order valence-electron chi connectivity index (χ1n) is 8.09. The van der Waals surface area contributed by atoms with Crippen molar-refractivity contribution >= 4 is 12.4 Å². The van der Waals surface area contributed by atoms with Crippen molar-refractivity contribution in [2.24, 2.45) is 5.92 Å². The molecule has 0 radical (unpaired) electrons. The molecule has 0 aromatic carbocycles. The standard InChI is InChI=1S/C15H29N3O.ClH/c1-18-8-3-4-12(18)10-17-14-6-2-5-13(14)15-11-19-9-7-16-15;/h12-17H,2-11H2,1H3;1H. The minimum atomic E-state index is 0. The zero-order valence-corrected chi connectivity index (χ0v) is 13.5. The van der Waals surface area contributed by atoms with Crippen molar-refractivity contribution < 1.29 is 4.74 Å². The molecule has 2 N–H and O–H groups in total. The number of morpholine rings is 1. The van der Waals surface area contributed by atoms with Crippen molar-refractivity contribution in [2.45, 2.75) is 50.2 Å². The Bertz CT molecular complexity index is 286. The van der Waals surface area contributed by atoms with Gasteiger partial charge >= 0.3 is 0 Å². The van der Waals surface area contributed by atoms with E-state index in [0.29, 0.717) is 12.1 Å². The number of halogens is 1. The van der Waals surface area contributed by atoms with Gasteiger partial charge in [0.05, 0.1) is 13.2 Å². The fourth-order valence-corrected chi connectivity index (χ4v) is 4.11. The van der Waals surface area contributed by atoms with E-state index in [1.165, 1.54) is 45.2 Å². The highest BCUT2D eigenvalue weighted by atomic mass is 35.5. The third-order valence-electron chi connectivity index (χ3n) is 5.32. The van der Waals surface area contributed by atoms with Gasteiger partial charge in [0, 0.05) is 31.2 Å². The van der Waals surface area contributed by atoms with Crippen LogP contribution in [0, 0.1) is 5.92 Å². The van der Waals surface area contributed by atoms with Gasteiger partial charge in [0.1, 0.15) is 0 Å². The third kappa shape index (κ3) is 3.86. The molecule has 118 valence electrons. The van der Waals surface area contributed by atoms with Crippen LogP contribution >= 0.6 is 12.4 Å². The lowest BCUT2D eigenvalue weighted by Crippen LogP contribution is -2.52. The van der Waals surface area contributed by atoms with E-state index in [9.17, 15) is 0 Å². The maximum absolute atomic E-state index is 5.64. The lowest BCUT2D eigenvalue weighted by molar-refractivity contribution is 0.0521. The van der Waals surface area contributed by atoms with Gasteiger partial charge in [-0.3, -0.25) is 0 Å². The highest BCUT2D eigenvalue weighted by Crippen LogP contribution is 2.29. The zero-order chi connectivity index (χ0) is 13.1. The minimum Gasteiger partial charge on any atom is -0.379 e. The fraction of sp³-hybridized carbons (Fsp3) is 1.00. The van der Waals surface area contributed by atoms with Crippen molar-refractivity contribution in [3.63, 3.8) is 0 Å². The number of rotatable bonds is 4. The molecule has 0 amide bonds. The summed E-state index contributed by atoms with van der Waals surface area (Å²) in [6, 6.07) is 2.04. The Kier molecular flexibility index (Phi) is 6.56. The molecule has 2 heterocycles. The minimum absolute atomic E-state index is 0. The zero-order valence-electron chi connectivity index (χ0n) is 12.6. The van der Waals surface area contributed by atoms with Crippen LogP contribution in [0.3, 0.4) is 0 Å². The number of nitrogens with one attached hydrogen (secondary N) is 2. The monoisotopic (exact) mass is 303 g/mol. The molecule has 1 aliphatic carbocycles. The SMILES string of the molecule is CN1CCCC1CNC1CCCC1C1COCCN1.Cl. The summed E-state index contributed by atoms with van der Waals surface area (Å²) in [5, 5.41) is 7.52. The molecular formula is C15H30ClN3O. The topological polar surface area (TPSA) is 36.5 Å². The molecule has 4 atom stereocenters. The molecule has 5 heteroatoms. The van der Waals surface area contributed by atoms with Crippen molar-refractivity contribution in [3.05, 3.63) is 0 Å². The predicted octanol–water partition coefficient (Wildman–Crippen LogP) is 1.25. The largest absolute Gasteiger partial charge is 0.379 e.